The molecule has 0 aromatic rings. The maximum absolute atomic E-state index is 8.74. The smallest absolute Gasteiger partial charge is 0.0493 e. The normalized spacial score (nSPS) is 34.8. The van der Waals surface area contributed by atoms with Gasteiger partial charge in [-0.1, -0.05) is 69.3 Å². The molecule has 0 aromatic carbocycles. The summed E-state index contributed by atoms with van der Waals surface area (Å²) in [5, 5.41) is 4.13. The molecule has 3 heteroatoms. The molecule has 0 atom stereocenters. The summed E-state index contributed by atoms with van der Waals surface area (Å²) in [5.74, 6) is 0.846. The number of hydrogen-bond acceptors (Lipinski definition) is 1. The SMILES string of the molecule is [N-]=[N+]=NC12CCCCCCCCCCCC(C1)C2. The minimum atomic E-state index is 0.0174. The first kappa shape index (κ1) is 13.7. The molecule has 2 bridgehead atoms. The summed E-state index contributed by atoms with van der Waals surface area (Å²) in [4.78, 5) is 3.10. The van der Waals surface area contributed by atoms with Gasteiger partial charge >= 0.3 is 0 Å². The summed E-state index contributed by atoms with van der Waals surface area (Å²) >= 11 is 0. The van der Waals surface area contributed by atoms with Gasteiger partial charge in [-0.25, -0.2) is 0 Å². The maximum atomic E-state index is 8.74. The van der Waals surface area contributed by atoms with Crippen LogP contribution in [0.1, 0.15) is 83.5 Å². The minimum Gasteiger partial charge on any atom is -0.0872 e. The fourth-order valence-corrected chi connectivity index (χ4v) is 3.77. The van der Waals surface area contributed by atoms with Crippen molar-refractivity contribution in [2.45, 2.75) is 89.0 Å². The van der Waals surface area contributed by atoms with E-state index in [1.165, 1.54) is 64.2 Å². The molecule has 3 aliphatic rings. The van der Waals surface area contributed by atoms with Crippen LogP contribution in [0.4, 0.5) is 0 Å². The molecular formula is C15H27N3. The lowest BCUT2D eigenvalue weighted by atomic mass is 9.65. The van der Waals surface area contributed by atoms with Crippen molar-refractivity contribution < 1.29 is 0 Å². The predicted molar refractivity (Wildman–Crippen MR) is 75.4 cm³/mol. The van der Waals surface area contributed by atoms with Crippen molar-refractivity contribution in [1.29, 1.82) is 0 Å². The van der Waals surface area contributed by atoms with Crippen molar-refractivity contribution in [2.75, 3.05) is 0 Å². The molecule has 0 amide bonds. The quantitative estimate of drug-likeness (QED) is 0.323. The third kappa shape index (κ3) is 3.91. The molecule has 0 heterocycles. The van der Waals surface area contributed by atoms with E-state index in [2.05, 4.69) is 10.0 Å². The van der Waals surface area contributed by atoms with Crippen LogP contribution in [0.2, 0.25) is 0 Å². The molecule has 0 aromatic heterocycles. The van der Waals surface area contributed by atoms with Crippen molar-refractivity contribution in [2.24, 2.45) is 11.0 Å². The first-order valence-electron chi connectivity index (χ1n) is 7.91. The molecule has 3 nitrogen and oxygen atoms in total. The lowest BCUT2D eigenvalue weighted by molar-refractivity contribution is 0.122. The molecule has 0 N–H and O–H groups in total. The fourth-order valence-electron chi connectivity index (χ4n) is 3.77. The Kier molecular flexibility index (Phi) is 5.37. The summed E-state index contributed by atoms with van der Waals surface area (Å²) in [7, 11) is 0. The second kappa shape index (κ2) is 7.04. The molecule has 102 valence electrons. The molecule has 0 aliphatic heterocycles. The first-order valence-corrected chi connectivity index (χ1v) is 7.91. The van der Waals surface area contributed by atoms with E-state index in [9.17, 15) is 0 Å². The van der Waals surface area contributed by atoms with E-state index in [0.29, 0.717) is 0 Å². The van der Waals surface area contributed by atoms with Gasteiger partial charge < -0.3 is 0 Å². The Morgan fingerprint density at radius 3 is 2.00 bits per heavy atom. The first-order chi connectivity index (χ1) is 8.85. The Morgan fingerprint density at radius 2 is 1.39 bits per heavy atom. The molecule has 0 saturated heterocycles. The molecule has 3 saturated carbocycles. The molecule has 3 aliphatic carbocycles. The van der Waals surface area contributed by atoms with E-state index in [1.807, 2.05) is 0 Å². The minimum absolute atomic E-state index is 0.0174. The van der Waals surface area contributed by atoms with Crippen molar-refractivity contribution in [3.63, 3.8) is 0 Å². The number of azide groups is 1. The third-order valence-electron chi connectivity index (χ3n) is 4.85. The van der Waals surface area contributed by atoms with Gasteiger partial charge in [0.15, 0.2) is 0 Å². The lowest BCUT2D eigenvalue weighted by Crippen LogP contribution is -2.41. The summed E-state index contributed by atoms with van der Waals surface area (Å²) in [6, 6.07) is 0. The zero-order valence-electron chi connectivity index (χ0n) is 11.6. The van der Waals surface area contributed by atoms with Crippen molar-refractivity contribution >= 4 is 0 Å². The highest BCUT2D eigenvalue weighted by atomic mass is 15.2. The summed E-state index contributed by atoms with van der Waals surface area (Å²) < 4.78 is 0. The summed E-state index contributed by atoms with van der Waals surface area (Å²) in [6.07, 6.45) is 17.3. The van der Waals surface area contributed by atoms with Gasteiger partial charge in [0.25, 0.3) is 0 Å². The van der Waals surface area contributed by atoms with Crippen LogP contribution in [0.3, 0.4) is 0 Å². The zero-order chi connectivity index (χ0) is 12.7. The van der Waals surface area contributed by atoms with E-state index in [4.69, 9.17) is 5.53 Å². The van der Waals surface area contributed by atoms with Gasteiger partial charge in [0.1, 0.15) is 0 Å². The lowest BCUT2D eigenvalue weighted by Gasteiger charge is -2.45. The van der Waals surface area contributed by atoms with Crippen LogP contribution in [0, 0.1) is 5.92 Å². The second-order valence-electron chi connectivity index (χ2n) is 6.41. The monoisotopic (exact) mass is 249 g/mol. The molecule has 3 rings (SSSR count). The Labute approximate surface area is 111 Å². The molecule has 0 radical (unpaired) electrons. The average Bonchev–Trinajstić information content (AvgIpc) is 2.33. The van der Waals surface area contributed by atoms with Crippen molar-refractivity contribution in [3.05, 3.63) is 10.4 Å². The average molecular weight is 249 g/mol. The van der Waals surface area contributed by atoms with E-state index in [-0.39, 0.29) is 5.54 Å². The third-order valence-corrected chi connectivity index (χ3v) is 4.85. The standard InChI is InChI=1S/C15H27N3/c16-18-17-15-11-9-7-5-3-1-2-4-6-8-10-14(12-15)13-15/h14H,1-13H2. The van der Waals surface area contributed by atoms with Gasteiger partial charge in [-0.15, -0.1) is 0 Å². The van der Waals surface area contributed by atoms with Crippen LogP contribution >= 0.6 is 0 Å². The number of nitrogens with zero attached hydrogens (tertiary/aromatic N) is 3. The summed E-state index contributed by atoms with van der Waals surface area (Å²) in [5.41, 5.74) is 8.75. The van der Waals surface area contributed by atoms with E-state index < -0.39 is 0 Å². The van der Waals surface area contributed by atoms with Gasteiger partial charge in [0, 0.05) is 10.5 Å². The van der Waals surface area contributed by atoms with Gasteiger partial charge in [-0.3, -0.25) is 0 Å². The number of hydrogen-bond donors (Lipinski definition) is 0. The van der Waals surface area contributed by atoms with Crippen LogP contribution in [-0.4, -0.2) is 5.54 Å². The van der Waals surface area contributed by atoms with Crippen LogP contribution in [0.5, 0.6) is 0 Å². The van der Waals surface area contributed by atoms with Gasteiger partial charge in [-0.2, -0.15) is 0 Å². The van der Waals surface area contributed by atoms with Gasteiger partial charge in [-0.05, 0) is 30.7 Å². The van der Waals surface area contributed by atoms with Crippen molar-refractivity contribution in [1.82, 2.24) is 0 Å². The summed E-state index contributed by atoms with van der Waals surface area (Å²) in [6.45, 7) is 0. The van der Waals surface area contributed by atoms with Crippen LogP contribution < -0.4 is 0 Å². The molecule has 3 fully saturated rings. The van der Waals surface area contributed by atoms with E-state index in [1.54, 1.807) is 0 Å². The molecule has 0 spiro atoms. The predicted octanol–water partition coefficient (Wildman–Crippen LogP) is 5.75. The Balaban J connectivity index is 1.82. The van der Waals surface area contributed by atoms with E-state index in [0.717, 1.165) is 25.2 Å². The maximum Gasteiger partial charge on any atom is 0.0493 e. The Bertz CT molecular complexity index is 283. The Hall–Kier alpha value is -0.690. The molecular weight excluding hydrogens is 222 g/mol. The van der Waals surface area contributed by atoms with Gasteiger partial charge in [0.05, 0.1) is 0 Å². The fraction of sp³-hybridized carbons (Fsp3) is 1.00. The van der Waals surface area contributed by atoms with Crippen LogP contribution in [0.25, 0.3) is 10.4 Å². The van der Waals surface area contributed by atoms with Crippen molar-refractivity contribution in [3.8, 4) is 0 Å². The highest BCUT2D eigenvalue weighted by Gasteiger charge is 2.42. The zero-order valence-corrected chi connectivity index (χ0v) is 11.6. The largest absolute Gasteiger partial charge is 0.0872 e. The van der Waals surface area contributed by atoms with E-state index >= 15 is 0 Å². The highest BCUT2D eigenvalue weighted by Crippen LogP contribution is 2.47. The number of fused-ring (bicyclic) bond motifs is 10. The second-order valence-corrected chi connectivity index (χ2v) is 6.41. The highest BCUT2D eigenvalue weighted by molar-refractivity contribution is 5.00. The molecule has 18 heavy (non-hydrogen) atoms. The van der Waals surface area contributed by atoms with Gasteiger partial charge in [0.2, 0.25) is 0 Å². The Morgan fingerprint density at radius 1 is 0.833 bits per heavy atom. The molecule has 0 unspecified atom stereocenters. The van der Waals surface area contributed by atoms with Crippen LogP contribution in [0.15, 0.2) is 5.11 Å². The number of rotatable bonds is 1. The van der Waals surface area contributed by atoms with Crippen LogP contribution in [-0.2, 0) is 0 Å². The topological polar surface area (TPSA) is 48.8 Å².